The van der Waals surface area contributed by atoms with E-state index in [1.54, 1.807) is 0 Å². The average Bonchev–Trinajstić information content (AvgIpc) is 2.37. The fourth-order valence-corrected chi connectivity index (χ4v) is 1.92. The van der Waals surface area contributed by atoms with Crippen LogP contribution in [0, 0.1) is 13.8 Å². The molecule has 0 amide bonds. The van der Waals surface area contributed by atoms with Crippen molar-refractivity contribution in [2.75, 3.05) is 0 Å². The maximum absolute atomic E-state index is 5.78. The van der Waals surface area contributed by atoms with Crippen LogP contribution in [0.4, 0.5) is 0 Å². The maximum Gasteiger partial charge on any atom is 0.218 e. The zero-order valence-corrected chi connectivity index (χ0v) is 10.8. The molecule has 0 atom stereocenters. The Morgan fingerprint density at radius 1 is 1.17 bits per heavy atom. The Labute approximate surface area is 108 Å². The third kappa shape index (κ3) is 2.87. The number of aromatic nitrogens is 1. The van der Waals surface area contributed by atoms with Crippen LogP contribution in [0.25, 0.3) is 0 Å². The molecule has 2 rings (SSSR count). The van der Waals surface area contributed by atoms with Gasteiger partial charge in [-0.25, -0.2) is 4.98 Å². The molecule has 1 aromatic heterocycles. The first-order valence-electron chi connectivity index (χ1n) is 6.04. The van der Waals surface area contributed by atoms with Gasteiger partial charge in [0, 0.05) is 17.8 Å². The first-order chi connectivity index (χ1) is 8.70. The highest BCUT2D eigenvalue weighted by Crippen LogP contribution is 2.21. The van der Waals surface area contributed by atoms with Crippen molar-refractivity contribution >= 4 is 0 Å². The summed E-state index contributed by atoms with van der Waals surface area (Å²) in [5, 5.41) is 0. The number of nitrogens with two attached hydrogens (primary N) is 1. The number of ether oxygens (including phenoxy) is 1. The number of aryl methyl sites for hydroxylation is 2. The molecule has 3 nitrogen and oxygen atoms in total. The molecule has 0 bridgehead atoms. The van der Waals surface area contributed by atoms with Gasteiger partial charge in [0.2, 0.25) is 5.88 Å². The van der Waals surface area contributed by atoms with E-state index in [1.807, 2.05) is 50.2 Å². The lowest BCUT2D eigenvalue weighted by atomic mass is 10.1. The second kappa shape index (κ2) is 5.65. The Kier molecular flexibility index (Phi) is 3.95. The number of nitrogens with zero attached hydrogens (tertiary/aromatic N) is 1. The summed E-state index contributed by atoms with van der Waals surface area (Å²) in [5.74, 6) is 0.652. The van der Waals surface area contributed by atoms with Gasteiger partial charge in [-0.15, -0.1) is 0 Å². The number of pyridine rings is 1. The monoisotopic (exact) mass is 242 g/mol. The molecule has 0 saturated heterocycles. The van der Waals surface area contributed by atoms with E-state index >= 15 is 0 Å². The molecule has 0 aliphatic rings. The van der Waals surface area contributed by atoms with Crippen molar-refractivity contribution in [3.8, 4) is 5.88 Å². The van der Waals surface area contributed by atoms with Gasteiger partial charge < -0.3 is 10.5 Å². The molecule has 0 aliphatic heterocycles. The predicted molar refractivity (Wildman–Crippen MR) is 72.4 cm³/mol. The zero-order valence-electron chi connectivity index (χ0n) is 10.8. The van der Waals surface area contributed by atoms with E-state index in [0.717, 1.165) is 22.4 Å². The minimum absolute atomic E-state index is 0.448. The van der Waals surface area contributed by atoms with E-state index in [4.69, 9.17) is 10.5 Å². The van der Waals surface area contributed by atoms with Crippen molar-refractivity contribution in [3.05, 3.63) is 58.8 Å². The van der Waals surface area contributed by atoms with Gasteiger partial charge in [0.05, 0.1) is 0 Å². The highest BCUT2D eigenvalue weighted by Gasteiger charge is 2.08. The summed E-state index contributed by atoms with van der Waals surface area (Å²) in [6, 6.07) is 12.1. The molecule has 0 fully saturated rings. The highest BCUT2D eigenvalue weighted by atomic mass is 16.5. The van der Waals surface area contributed by atoms with Crippen LogP contribution in [-0.4, -0.2) is 4.98 Å². The fraction of sp³-hybridized carbons (Fsp3) is 0.267. The Bertz CT molecular complexity index is 524. The smallest absolute Gasteiger partial charge is 0.218 e. The average molecular weight is 242 g/mol. The summed E-state index contributed by atoms with van der Waals surface area (Å²) in [6.07, 6.45) is 0. The van der Waals surface area contributed by atoms with Crippen LogP contribution in [0.2, 0.25) is 0 Å². The summed E-state index contributed by atoms with van der Waals surface area (Å²) >= 11 is 0. The third-order valence-corrected chi connectivity index (χ3v) is 2.86. The van der Waals surface area contributed by atoms with Crippen molar-refractivity contribution in [3.63, 3.8) is 0 Å². The lowest BCUT2D eigenvalue weighted by molar-refractivity contribution is 0.289. The molecular formula is C15H18N2O. The molecule has 94 valence electrons. The maximum atomic E-state index is 5.78. The lowest BCUT2D eigenvalue weighted by Gasteiger charge is -2.12. The number of rotatable bonds is 4. The molecule has 0 aliphatic carbocycles. The van der Waals surface area contributed by atoms with E-state index in [2.05, 4.69) is 4.98 Å². The quantitative estimate of drug-likeness (QED) is 0.896. The van der Waals surface area contributed by atoms with Gasteiger partial charge in [-0.2, -0.15) is 0 Å². The zero-order chi connectivity index (χ0) is 13.0. The Balaban J connectivity index is 2.18. The Hall–Kier alpha value is -1.87. The molecule has 2 N–H and O–H groups in total. The second-order valence-electron chi connectivity index (χ2n) is 4.34. The van der Waals surface area contributed by atoms with Gasteiger partial charge >= 0.3 is 0 Å². The first kappa shape index (κ1) is 12.6. The summed E-state index contributed by atoms with van der Waals surface area (Å²) in [5.41, 5.74) is 9.94. The summed E-state index contributed by atoms with van der Waals surface area (Å²) < 4.78 is 5.78. The van der Waals surface area contributed by atoms with Crippen LogP contribution in [0.1, 0.15) is 22.4 Å². The summed E-state index contributed by atoms with van der Waals surface area (Å²) in [6.45, 7) is 4.96. The van der Waals surface area contributed by atoms with Gasteiger partial charge in [-0.05, 0) is 31.0 Å². The molecule has 2 aromatic rings. The van der Waals surface area contributed by atoms with Crippen LogP contribution < -0.4 is 10.5 Å². The van der Waals surface area contributed by atoms with Gasteiger partial charge in [0.25, 0.3) is 0 Å². The van der Waals surface area contributed by atoms with Crippen molar-refractivity contribution in [1.82, 2.24) is 4.98 Å². The predicted octanol–water partition coefficient (Wildman–Crippen LogP) is 2.74. The SMILES string of the molecule is Cc1cc(C)c(CN)c(OCc2ccccc2)n1. The largest absolute Gasteiger partial charge is 0.473 e. The third-order valence-electron chi connectivity index (χ3n) is 2.86. The molecule has 1 heterocycles. The van der Waals surface area contributed by atoms with E-state index in [0.29, 0.717) is 19.0 Å². The van der Waals surface area contributed by atoms with Crippen molar-refractivity contribution < 1.29 is 4.74 Å². The molecule has 0 unspecified atom stereocenters. The number of hydrogen-bond acceptors (Lipinski definition) is 3. The molecule has 1 aromatic carbocycles. The van der Waals surface area contributed by atoms with Crippen LogP contribution >= 0.6 is 0 Å². The minimum Gasteiger partial charge on any atom is -0.473 e. The van der Waals surface area contributed by atoms with Crippen LogP contribution in [0.3, 0.4) is 0 Å². The Morgan fingerprint density at radius 3 is 2.56 bits per heavy atom. The first-order valence-corrected chi connectivity index (χ1v) is 6.04. The van der Waals surface area contributed by atoms with Crippen molar-refractivity contribution in [1.29, 1.82) is 0 Å². The molecule has 0 saturated carbocycles. The van der Waals surface area contributed by atoms with Gasteiger partial charge in [0.1, 0.15) is 6.61 Å². The molecule has 18 heavy (non-hydrogen) atoms. The van der Waals surface area contributed by atoms with E-state index in [1.165, 1.54) is 0 Å². The highest BCUT2D eigenvalue weighted by molar-refractivity contribution is 5.35. The van der Waals surface area contributed by atoms with Crippen LogP contribution in [0.5, 0.6) is 5.88 Å². The van der Waals surface area contributed by atoms with Crippen molar-refractivity contribution in [2.45, 2.75) is 27.0 Å². The van der Waals surface area contributed by atoms with Crippen molar-refractivity contribution in [2.24, 2.45) is 5.73 Å². The molecule has 0 spiro atoms. The number of benzene rings is 1. The van der Waals surface area contributed by atoms with Gasteiger partial charge in [-0.1, -0.05) is 30.3 Å². The molecule has 0 radical (unpaired) electrons. The normalized spacial score (nSPS) is 10.4. The van der Waals surface area contributed by atoms with E-state index < -0.39 is 0 Å². The van der Waals surface area contributed by atoms with Crippen LogP contribution in [0.15, 0.2) is 36.4 Å². The van der Waals surface area contributed by atoms with E-state index in [9.17, 15) is 0 Å². The Morgan fingerprint density at radius 2 is 1.89 bits per heavy atom. The number of hydrogen-bond donors (Lipinski definition) is 1. The lowest BCUT2D eigenvalue weighted by Crippen LogP contribution is -2.07. The minimum atomic E-state index is 0.448. The van der Waals surface area contributed by atoms with Crippen LogP contribution in [-0.2, 0) is 13.2 Å². The van der Waals surface area contributed by atoms with Gasteiger partial charge in [-0.3, -0.25) is 0 Å². The van der Waals surface area contributed by atoms with E-state index in [-0.39, 0.29) is 0 Å². The standard InChI is InChI=1S/C15H18N2O/c1-11-8-12(2)17-15(14(11)9-16)18-10-13-6-4-3-5-7-13/h3-8H,9-10,16H2,1-2H3. The fourth-order valence-electron chi connectivity index (χ4n) is 1.92. The molecule has 3 heteroatoms. The summed E-state index contributed by atoms with van der Waals surface area (Å²) in [4.78, 5) is 4.42. The second-order valence-corrected chi connectivity index (χ2v) is 4.34. The summed E-state index contributed by atoms with van der Waals surface area (Å²) in [7, 11) is 0. The van der Waals surface area contributed by atoms with Gasteiger partial charge in [0.15, 0.2) is 0 Å². The topological polar surface area (TPSA) is 48.1 Å². The molecular weight excluding hydrogens is 224 g/mol.